The number of H-pyrrole nitrogens is 1. The van der Waals surface area contributed by atoms with Crippen molar-refractivity contribution in [1.29, 1.82) is 0 Å². The van der Waals surface area contributed by atoms with Crippen LogP contribution in [0.4, 0.5) is 5.82 Å². The van der Waals surface area contributed by atoms with Crippen LogP contribution in [0.25, 0.3) is 22.5 Å². The van der Waals surface area contributed by atoms with Crippen molar-refractivity contribution in [2.45, 2.75) is 50.7 Å². The number of benzene rings is 1. The molecule has 0 aliphatic heterocycles. The van der Waals surface area contributed by atoms with Gasteiger partial charge in [-0.25, -0.2) is 4.68 Å². The third-order valence-electron chi connectivity index (χ3n) is 5.67. The minimum atomic E-state index is -0.879. The lowest BCUT2D eigenvalue weighted by Crippen LogP contribution is -2.38. The Labute approximate surface area is 169 Å². The Hall–Kier alpha value is -2.93. The lowest BCUT2D eigenvalue weighted by atomic mass is 9.94. The van der Waals surface area contributed by atoms with E-state index in [1.165, 1.54) is 10.7 Å². The number of nitrogens with one attached hydrogen (secondary N) is 2. The number of anilines is 1. The quantitative estimate of drug-likeness (QED) is 0.577. The van der Waals surface area contributed by atoms with Gasteiger partial charge in [0.2, 0.25) is 0 Å². The Morgan fingerprint density at radius 1 is 1.10 bits per heavy atom. The van der Waals surface area contributed by atoms with E-state index in [1.807, 2.05) is 30.3 Å². The van der Waals surface area contributed by atoms with E-state index in [4.69, 9.17) is 0 Å². The molecule has 0 saturated heterocycles. The molecule has 0 radical (unpaired) electrons. The topological polar surface area (TPSA) is 95.8 Å². The zero-order valence-electron chi connectivity index (χ0n) is 16.7. The van der Waals surface area contributed by atoms with Gasteiger partial charge in [0.05, 0.1) is 29.1 Å². The van der Waals surface area contributed by atoms with E-state index in [0.717, 1.165) is 42.5 Å². The molecular weight excluding hydrogens is 366 g/mol. The van der Waals surface area contributed by atoms with Crippen LogP contribution >= 0.6 is 0 Å². The largest absolute Gasteiger partial charge is 0.388 e. The van der Waals surface area contributed by atoms with Crippen LogP contribution in [0, 0.1) is 0 Å². The molecular formula is C22H27N5O2. The number of aromatic amines is 1. The lowest BCUT2D eigenvalue weighted by molar-refractivity contribution is 0.00375. The van der Waals surface area contributed by atoms with Crippen LogP contribution in [0.5, 0.6) is 0 Å². The van der Waals surface area contributed by atoms with Crippen molar-refractivity contribution >= 4 is 5.82 Å². The summed E-state index contributed by atoms with van der Waals surface area (Å²) < 4.78 is 1.40. The molecule has 1 saturated carbocycles. The van der Waals surface area contributed by atoms with Gasteiger partial charge in [-0.1, -0.05) is 56.0 Å². The van der Waals surface area contributed by atoms with Gasteiger partial charge in [0, 0.05) is 18.7 Å². The third kappa shape index (κ3) is 4.10. The predicted molar refractivity (Wildman–Crippen MR) is 114 cm³/mol. The van der Waals surface area contributed by atoms with Gasteiger partial charge in [0.15, 0.2) is 5.82 Å². The van der Waals surface area contributed by atoms with Crippen LogP contribution in [0.1, 0.15) is 38.5 Å². The summed E-state index contributed by atoms with van der Waals surface area (Å²) in [5.41, 5.74) is 2.18. The van der Waals surface area contributed by atoms with Crippen LogP contribution in [0.3, 0.4) is 0 Å². The number of rotatable bonds is 5. The molecule has 0 bridgehead atoms. The normalized spacial score (nSPS) is 16.3. The molecule has 0 unspecified atom stereocenters. The van der Waals surface area contributed by atoms with Gasteiger partial charge in [0.1, 0.15) is 0 Å². The Bertz CT molecular complexity index is 1020. The average Bonchev–Trinajstić information content (AvgIpc) is 3.05. The van der Waals surface area contributed by atoms with Crippen LogP contribution in [0.2, 0.25) is 0 Å². The molecule has 3 aromatic rings. The summed E-state index contributed by atoms with van der Waals surface area (Å²) >= 11 is 0. The third-order valence-corrected chi connectivity index (χ3v) is 5.67. The van der Waals surface area contributed by atoms with Crippen molar-refractivity contribution in [3.8, 4) is 22.5 Å². The van der Waals surface area contributed by atoms with Crippen LogP contribution < -0.4 is 10.9 Å². The molecule has 0 spiro atoms. The number of aliphatic hydroxyl groups is 1. The summed E-state index contributed by atoms with van der Waals surface area (Å²) in [7, 11) is 1.80. The lowest BCUT2D eigenvalue weighted by Gasteiger charge is -2.26. The van der Waals surface area contributed by atoms with Crippen molar-refractivity contribution in [3.63, 3.8) is 0 Å². The monoisotopic (exact) mass is 393 g/mol. The van der Waals surface area contributed by atoms with Gasteiger partial charge in [-0.05, 0) is 18.9 Å². The molecule has 2 aromatic heterocycles. The summed E-state index contributed by atoms with van der Waals surface area (Å²) in [6, 6.07) is 13.1. The predicted octanol–water partition coefficient (Wildman–Crippen LogP) is 3.43. The van der Waals surface area contributed by atoms with E-state index in [2.05, 4.69) is 20.6 Å². The van der Waals surface area contributed by atoms with E-state index < -0.39 is 5.60 Å². The first-order chi connectivity index (χ1) is 14.1. The Morgan fingerprint density at radius 3 is 2.52 bits per heavy atom. The highest BCUT2D eigenvalue weighted by molar-refractivity contribution is 5.86. The summed E-state index contributed by atoms with van der Waals surface area (Å²) in [4.78, 5) is 12.5. The number of nitrogens with zero attached hydrogens (tertiary/aromatic N) is 3. The van der Waals surface area contributed by atoms with E-state index in [0.29, 0.717) is 24.4 Å². The minimum absolute atomic E-state index is 0.206. The fraction of sp³-hybridized carbons (Fsp3) is 0.409. The van der Waals surface area contributed by atoms with Crippen molar-refractivity contribution in [1.82, 2.24) is 20.0 Å². The molecule has 1 aliphatic carbocycles. The maximum atomic E-state index is 12.5. The second-order valence-corrected chi connectivity index (χ2v) is 7.79. The standard InChI is InChI=1S/C22H27N5O2/c1-23-21-19(20(24-25-21)16-9-5-4-6-10-16)17-11-12-18(28)27(26-17)15-22(29)13-7-2-3-8-14-22/h4-6,9-12,29H,2-3,7-8,13-15H2,1H3,(H2,23,24,25). The Balaban J connectivity index is 1.75. The van der Waals surface area contributed by atoms with Crippen molar-refractivity contribution in [2.75, 3.05) is 12.4 Å². The molecule has 7 nitrogen and oxygen atoms in total. The highest BCUT2D eigenvalue weighted by Gasteiger charge is 2.29. The Morgan fingerprint density at radius 2 is 1.83 bits per heavy atom. The first kappa shape index (κ1) is 19.4. The molecule has 0 atom stereocenters. The number of aromatic nitrogens is 4. The molecule has 2 heterocycles. The molecule has 1 aromatic carbocycles. The second kappa shape index (κ2) is 8.21. The second-order valence-electron chi connectivity index (χ2n) is 7.79. The molecule has 7 heteroatoms. The van der Waals surface area contributed by atoms with Gasteiger partial charge in [-0.15, -0.1) is 0 Å². The highest BCUT2D eigenvalue weighted by atomic mass is 16.3. The fourth-order valence-corrected chi connectivity index (χ4v) is 4.11. The van der Waals surface area contributed by atoms with Crippen LogP contribution in [0.15, 0.2) is 47.3 Å². The van der Waals surface area contributed by atoms with Gasteiger partial charge in [0.25, 0.3) is 5.56 Å². The minimum Gasteiger partial charge on any atom is -0.388 e. The van der Waals surface area contributed by atoms with Gasteiger partial charge < -0.3 is 10.4 Å². The van der Waals surface area contributed by atoms with Gasteiger partial charge in [-0.3, -0.25) is 9.89 Å². The summed E-state index contributed by atoms with van der Waals surface area (Å²) in [5, 5.41) is 26.2. The van der Waals surface area contributed by atoms with E-state index in [-0.39, 0.29) is 12.1 Å². The van der Waals surface area contributed by atoms with Crippen molar-refractivity contribution in [3.05, 3.63) is 52.8 Å². The molecule has 1 fully saturated rings. The maximum Gasteiger partial charge on any atom is 0.266 e. The SMILES string of the molecule is CNc1n[nH]c(-c2ccccc2)c1-c1ccc(=O)n(CC2(O)CCCCCC2)n1. The number of hydrogen-bond acceptors (Lipinski definition) is 5. The maximum absolute atomic E-state index is 12.5. The van der Waals surface area contributed by atoms with Crippen molar-refractivity contribution in [2.24, 2.45) is 0 Å². The van der Waals surface area contributed by atoms with Crippen LogP contribution in [-0.2, 0) is 6.54 Å². The summed E-state index contributed by atoms with van der Waals surface area (Å²) in [6.07, 6.45) is 5.63. The van der Waals surface area contributed by atoms with Crippen molar-refractivity contribution < 1.29 is 5.11 Å². The highest BCUT2D eigenvalue weighted by Crippen LogP contribution is 2.34. The molecule has 4 rings (SSSR count). The summed E-state index contributed by atoms with van der Waals surface area (Å²) in [5.74, 6) is 0.662. The van der Waals surface area contributed by atoms with E-state index in [9.17, 15) is 9.90 Å². The molecule has 1 aliphatic rings. The fourth-order valence-electron chi connectivity index (χ4n) is 4.11. The molecule has 29 heavy (non-hydrogen) atoms. The zero-order valence-corrected chi connectivity index (χ0v) is 16.7. The smallest absolute Gasteiger partial charge is 0.266 e. The van der Waals surface area contributed by atoms with E-state index in [1.54, 1.807) is 13.1 Å². The first-order valence-corrected chi connectivity index (χ1v) is 10.2. The molecule has 0 amide bonds. The number of hydrogen-bond donors (Lipinski definition) is 3. The average molecular weight is 393 g/mol. The molecule has 152 valence electrons. The van der Waals surface area contributed by atoms with Crippen LogP contribution in [-0.4, -0.2) is 37.7 Å². The van der Waals surface area contributed by atoms with E-state index >= 15 is 0 Å². The van der Waals surface area contributed by atoms with Gasteiger partial charge in [-0.2, -0.15) is 10.2 Å². The Kier molecular flexibility index (Phi) is 5.49. The summed E-state index contributed by atoms with van der Waals surface area (Å²) in [6.45, 7) is 0.215. The zero-order chi connectivity index (χ0) is 20.3. The first-order valence-electron chi connectivity index (χ1n) is 10.2. The molecule has 3 N–H and O–H groups in total. The van der Waals surface area contributed by atoms with Gasteiger partial charge >= 0.3 is 0 Å².